The highest BCUT2D eigenvalue weighted by atomic mass is 32.1. The van der Waals surface area contributed by atoms with E-state index in [9.17, 15) is 0 Å². The Morgan fingerprint density at radius 2 is 2.73 bits per heavy atom. The maximum Gasteiger partial charge on any atom is 0.115 e. The average Bonchev–Trinajstić information content (AvgIpc) is 2.50. The minimum Gasteiger partial charge on any atom is -0.245 e. The van der Waals surface area contributed by atoms with Crippen LogP contribution in [0.3, 0.4) is 0 Å². The standard InChI is InChI=1S/C6H6N4S/c7-10-9-3-1-2-6-8-4-5-11-6/h1-2,4-5H,3H2. The molecule has 11 heavy (non-hydrogen) atoms. The van der Waals surface area contributed by atoms with E-state index in [1.54, 1.807) is 23.6 Å². The lowest BCUT2D eigenvalue weighted by Crippen LogP contribution is -1.68. The second kappa shape index (κ2) is 4.49. The molecule has 0 saturated carbocycles. The smallest absolute Gasteiger partial charge is 0.115 e. The molecule has 0 N–H and O–H groups in total. The molecule has 0 amide bonds. The van der Waals surface area contributed by atoms with Crippen molar-refractivity contribution in [3.63, 3.8) is 0 Å². The van der Waals surface area contributed by atoms with Crippen LogP contribution in [0.4, 0.5) is 0 Å². The van der Waals surface area contributed by atoms with E-state index in [1.165, 1.54) is 0 Å². The number of hydrogen-bond acceptors (Lipinski definition) is 3. The first-order valence-electron chi connectivity index (χ1n) is 3.00. The van der Waals surface area contributed by atoms with Crippen molar-refractivity contribution in [1.82, 2.24) is 4.98 Å². The number of hydrogen-bond donors (Lipinski definition) is 0. The van der Waals surface area contributed by atoms with Crippen LogP contribution >= 0.6 is 11.3 Å². The number of azide groups is 1. The average molecular weight is 166 g/mol. The molecule has 0 aliphatic carbocycles. The van der Waals surface area contributed by atoms with Crippen LogP contribution < -0.4 is 0 Å². The molecule has 1 aromatic rings. The fraction of sp³-hybridized carbons (Fsp3) is 0.167. The Kier molecular flexibility index (Phi) is 3.18. The van der Waals surface area contributed by atoms with Crippen molar-refractivity contribution in [3.8, 4) is 0 Å². The molecule has 0 aliphatic heterocycles. The maximum atomic E-state index is 7.93. The van der Waals surface area contributed by atoms with Crippen LogP contribution in [0.2, 0.25) is 0 Å². The lowest BCUT2D eigenvalue weighted by atomic mass is 10.5. The van der Waals surface area contributed by atoms with Crippen molar-refractivity contribution in [1.29, 1.82) is 0 Å². The highest BCUT2D eigenvalue weighted by Crippen LogP contribution is 2.05. The first-order valence-corrected chi connectivity index (χ1v) is 3.88. The third-order valence-corrected chi connectivity index (χ3v) is 1.70. The number of aromatic nitrogens is 1. The molecular weight excluding hydrogens is 160 g/mol. The topological polar surface area (TPSA) is 61.7 Å². The van der Waals surface area contributed by atoms with Gasteiger partial charge in [0.05, 0.1) is 0 Å². The van der Waals surface area contributed by atoms with Gasteiger partial charge < -0.3 is 0 Å². The minimum absolute atomic E-state index is 0.385. The lowest BCUT2D eigenvalue weighted by molar-refractivity contribution is 1.22. The summed E-state index contributed by atoms with van der Waals surface area (Å²) in [6, 6.07) is 0. The fourth-order valence-electron chi connectivity index (χ4n) is 0.554. The van der Waals surface area contributed by atoms with Gasteiger partial charge in [0.25, 0.3) is 0 Å². The SMILES string of the molecule is [N-]=[N+]=NCC=Cc1nccs1. The highest BCUT2D eigenvalue weighted by Gasteiger charge is 1.84. The zero-order valence-corrected chi connectivity index (χ0v) is 6.53. The number of nitrogens with zero attached hydrogens (tertiary/aromatic N) is 4. The normalized spacial score (nSPS) is 9.82. The van der Waals surface area contributed by atoms with Crippen LogP contribution in [0.5, 0.6) is 0 Å². The Hall–Kier alpha value is -1.32. The second-order valence-electron chi connectivity index (χ2n) is 1.69. The molecule has 0 aromatic carbocycles. The Morgan fingerprint density at radius 1 is 1.82 bits per heavy atom. The van der Waals surface area contributed by atoms with E-state index in [0.29, 0.717) is 6.54 Å². The van der Waals surface area contributed by atoms with Crippen LogP contribution in [-0.4, -0.2) is 11.5 Å². The van der Waals surface area contributed by atoms with E-state index in [-0.39, 0.29) is 0 Å². The molecule has 0 aliphatic rings. The molecule has 5 heteroatoms. The minimum atomic E-state index is 0.385. The first kappa shape index (κ1) is 7.78. The van der Waals surface area contributed by atoms with Crippen molar-refractivity contribution in [2.24, 2.45) is 5.11 Å². The second-order valence-corrected chi connectivity index (χ2v) is 2.61. The van der Waals surface area contributed by atoms with E-state index in [4.69, 9.17) is 5.53 Å². The predicted molar refractivity (Wildman–Crippen MR) is 45.2 cm³/mol. The van der Waals surface area contributed by atoms with E-state index in [1.807, 2.05) is 11.5 Å². The summed E-state index contributed by atoms with van der Waals surface area (Å²) in [4.78, 5) is 6.62. The monoisotopic (exact) mass is 166 g/mol. The number of rotatable bonds is 3. The van der Waals surface area contributed by atoms with Crippen LogP contribution in [0.25, 0.3) is 16.5 Å². The molecule has 0 unspecified atom stereocenters. The van der Waals surface area contributed by atoms with Crippen molar-refractivity contribution in [2.75, 3.05) is 6.54 Å². The summed E-state index contributed by atoms with van der Waals surface area (Å²) < 4.78 is 0. The lowest BCUT2D eigenvalue weighted by Gasteiger charge is -1.78. The maximum absolute atomic E-state index is 7.93. The quantitative estimate of drug-likeness (QED) is 0.386. The van der Waals surface area contributed by atoms with Gasteiger partial charge in [0.15, 0.2) is 0 Å². The van der Waals surface area contributed by atoms with Crippen molar-refractivity contribution < 1.29 is 0 Å². The molecule has 0 radical (unpaired) electrons. The summed E-state index contributed by atoms with van der Waals surface area (Å²) in [7, 11) is 0. The summed E-state index contributed by atoms with van der Waals surface area (Å²) in [5, 5.41) is 6.17. The summed E-state index contributed by atoms with van der Waals surface area (Å²) >= 11 is 1.55. The van der Waals surface area contributed by atoms with Crippen LogP contribution in [0.15, 0.2) is 22.8 Å². The Bertz CT molecular complexity index is 271. The van der Waals surface area contributed by atoms with Gasteiger partial charge in [-0.05, 0) is 11.6 Å². The highest BCUT2D eigenvalue weighted by molar-refractivity contribution is 7.10. The van der Waals surface area contributed by atoms with E-state index >= 15 is 0 Å². The fourth-order valence-corrected chi connectivity index (χ4v) is 1.11. The van der Waals surface area contributed by atoms with Gasteiger partial charge in [-0.1, -0.05) is 11.2 Å². The molecule has 0 fully saturated rings. The van der Waals surface area contributed by atoms with Gasteiger partial charge >= 0.3 is 0 Å². The zero-order chi connectivity index (χ0) is 7.94. The van der Waals surface area contributed by atoms with Gasteiger partial charge in [-0.15, -0.1) is 11.3 Å². The summed E-state index contributed by atoms with van der Waals surface area (Å²) in [6.45, 7) is 0.385. The summed E-state index contributed by atoms with van der Waals surface area (Å²) in [5.41, 5.74) is 7.93. The first-order chi connectivity index (χ1) is 5.43. The largest absolute Gasteiger partial charge is 0.245 e. The van der Waals surface area contributed by atoms with Gasteiger partial charge in [0.1, 0.15) is 5.01 Å². The van der Waals surface area contributed by atoms with Crippen molar-refractivity contribution in [2.45, 2.75) is 0 Å². The third-order valence-electron chi connectivity index (χ3n) is 0.962. The molecule has 0 saturated heterocycles. The summed E-state index contributed by atoms with van der Waals surface area (Å²) in [6.07, 6.45) is 5.34. The van der Waals surface area contributed by atoms with Crippen LogP contribution in [-0.2, 0) is 0 Å². The Balaban J connectivity index is 2.42. The van der Waals surface area contributed by atoms with Gasteiger partial charge in [-0.3, -0.25) is 0 Å². The molecule has 0 atom stereocenters. The Labute approximate surface area is 67.8 Å². The van der Waals surface area contributed by atoms with Gasteiger partial charge in [-0.2, -0.15) is 0 Å². The van der Waals surface area contributed by atoms with Crippen molar-refractivity contribution in [3.05, 3.63) is 33.1 Å². The molecule has 1 heterocycles. The zero-order valence-electron chi connectivity index (χ0n) is 5.71. The van der Waals surface area contributed by atoms with Crippen LogP contribution in [0.1, 0.15) is 5.01 Å². The van der Waals surface area contributed by atoms with Gasteiger partial charge in [-0.25, -0.2) is 4.98 Å². The molecule has 4 nitrogen and oxygen atoms in total. The molecule has 1 aromatic heterocycles. The van der Waals surface area contributed by atoms with Gasteiger partial charge in [0.2, 0.25) is 0 Å². The molecular formula is C6H6N4S. The molecule has 56 valence electrons. The van der Waals surface area contributed by atoms with Crippen LogP contribution in [0, 0.1) is 0 Å². The molecule has 1 rings (SSSR count). The van der Waals surface area contributed by atoms with E-state index in [2.05, 4.69) is 15.0 Å². The van der Waals surface area contributed by atoms with E-state index in [0.717, 1.165) is 5.01 Å². The van der Waals surface area contributed by atoms with Gasteiger partial charge in [0, 0.05) is 23.0 Å². The summed E-state index contributed by atoms with van der Waals surface area (Å²) in [5.74, 6) is 0. The van der Waals surface area contributed by atoms with E-state index < -0.39 is 0 Å². The molecule has 0 spiro atoms. The van der Waals surface area contributed by atoms with Crippen molar-refractivity contribution >= 4 is 17.4 Å². The Morgan fingerprint density at radius 3 is 3.36 bits per heavy atom. The third kappa shape index (κ3) is 2.84. The predicted octanol–water partition coefficient (Wildman–Crippen LogP) is 2.47. The number of thiazole rings is 1. The molecule has 0 bridgehead atoms.